The predicted octanol–water partition coefficient (Wildman–Crippen LogP) is 3.10. The van der Waals surface area contributed by atoms with E-state index in [-0.39, 0.29) is 23.7 Å². The molecule has 24 heavy (non-hydrogen) atoms. The number of aliphatic hydroxyl groups excluding tert-OH is 2. The maximum absolute atomic E-state index is 9.62. The minimum absolute atomic E-state index is 0.0804. The smallest absolute Gasteiger partial charge is 0.0574 e. The van der Waals surface area contributed by atoms with E-state index in [4.69, 9.17) is 0 Å². The van der Waals surface area contributed by atoms with E-state index >= 15 is 0 Å². The van der Waals surface area contributed by atoms with E-state index in [2.05, 4.69) is 55.3 Å². The Balaban J connectivity index is 1.88. The number of nitrogens with one attached hydrogen (secondary N) is 1. The molecule has 0 bridgehead atoms. The molecule has 1 aliphatic rings. The van der Waals surface area contributed by atoms with Crippen molar-refractivity contribution in [1.29, 1.82) is 0 Å². The molecule has 4 nitrogen and oxygen atoms in total. The Kier molecular flexibility index (Phi) is 6.67. The van der Waals surface area contributed by atoms with Crippen LogP contribution in [0.5, 0.6) is 0 Å². The average molecular weight is 335 g/mol. The summed E-state index contributed by atoms with van der Waals surface area (Å²) in [6.07, 6.45) is 2.12. The van der Waals surface area contributed by atoms with Gasteiger partial charge in [-0.15, -0.1) is 0 Å². The summed E-state index contributed by atoms with van der Waals surface area (Å²) in [6.45, 7) is 11.2. The molecule has 3 N–H and O–H groups in total. The van der Waals surface area contributed by atoms with Crippen molar-refractivity contribution in [3.05, 3.63) is 29.8 Å². The summed E-state index contributed by atoms with van der Waals surface area (Å²) in [5.41, 5.74) is 2.60. The second-order valence-electron chi connectivity index (χ2n) is 8.13. The van der Waals surface area contributed by atoms with Crippen molar-refractivity contribution >= 4 is 5.69 Å². The van der Waals surface area contributed by atoms with E-state index in [9.17, 15) is 10.2 Å². The highest BCUT2D eigenvalue weighted by Gasteiger charge is 2.21. The first-order chi connectivity index (χ1) is 11.3. The zero-order chi connectivity index (χ0) is 17.7. The molecule has 2 rings (SSSR count). The number of aliphatic hydroxyl groups is 2. The molecular weight excluding hydrogens is 300 g/mol. The molecule has 0 aliphatic carbocycles. The second kappa shape index (κ2) is 8.32. The number of hydrogen-bond acceptors (Lipinski definition) is 4. The van der Waals surface area contributed by atoms with Crippen LogP contribution in [0.25, 0.3) is 0 Å². The second-order valence-corrected chi connectivity index (χ2v) is 8.13. The Morgan fingerprint density at radius 2 is 1.75 bits per heavy atom. The molecule has 0 spiro atoms. The molecule has 0 aromatic heterocycles. The largest absolute Gasteiger partial charge is 0.393 e. The van der Waals surface area contributed by atoms with E-state index in [0.717, 1.165) is 38.9 Å². The lowest BCUT2D eigenvalue weighted by molar-refractivity contribution is 0.127. The van der Waals surface area contributed by atoms with Crippen LogP contribution in [0.3, 0.4) is 0 Å². The summed E-state index contributed by atoms with van der Waals surface area (Å²) in [4.78, 5) is 2.35. The van der Waals surface area contributed by atoms with Crippen LogP contribution in [0, 0.1) is 5.41 Å². The summed E-state index contributed by atoms with van der Waals surface area (Å²) in [5, 5.41) is 22.8. The van der Waals surface area contributed by atoms with Gasteiger partial charge >= 0.3 is 0 Å². The van der Waals surface area contributed by atoms with E-state index in [1.54, 1.807) is 0 Å². The van der Waals surface area contributed by atoms with Crippen LogP contribution in [-0.4, -0.2) is 42.1 Å². The highest BCUT2D eigenvalue weighted by Crippen LogP contribution is 2.25. The van der Waals surface area contributed by atoms with Crippen molar-refractivity contribution in [3.63, 3.8) is 0 Å². The first-order valence-corrected chi connectivity index (χ1v) is 9.21. The van der Waals surface area contributed by atoms with Crippen molar-refractivity contribution in [2.24, 2.45) is 5.41 Å². The molecule has 1 fully saturated rings. The third-order valence-corrected chi connectivity index (χ3v) is 4.96. The molecule has 0 saturated carbocycles. The minimum atomic E-state index is -0.264. The molecule has 0 radical (unpaired) electrons. The topological polar surface area (TPSA) is 55.7 Å². The number of anilines is 1. The molecule has 0 amide bonds. The maximum atomic E-state index is 9.62. The molecule has 136 valence electrons. The first kappa shape index (κ1) is 19.2. The van der Waals surface area contributed by atoms with E-state index in [1.165, 1.54) is 11.3 Å². The fourth-order valence-corrected chi connectivity index (χ4v) is 3.52. The van der Waals surface area contributed by atoms with Crippen LogP contribution in [0.15, 0.2) is 24.3 Å². The number of piperidine rings is 1. The van der Waals surface area contributed by atoms with Crippen molar-refractivity contribution in [1.82, 2.24) is 5.32 Å². The van der Waals surface area contributed by atoms with Crippen molar-refractivity contribution < 1.29 is 10.2 Å². The molecule has 2 atom stereocenters. The van der Waals surface area contributed by atoms with Gasteiger partial charge in [0.2, 0.25) is 0 Å². The summed E-state index contributed by atoms with van der Waals surface area (Å²) in [7, 11) is 0. The fourth-order valence-electron chi connectivity index (χ4n) is 3.52. The fraction of sp³-hybridized carbons (Fsp3) is 0.700. The van der Waals surface area contributed by atoms with Crippen molar-refractivity contribution in [2.75, 3.05) is 24.5 Å². The third kappa shape index (κ3) is 5.76. The molecule has 1 heterocycles. The van der Waals surface area contributed by atoms with E-state index < -0.39 is 0 Å². The summed E-state index contributed by atoms with van der Waals surface area (Å²) >= 11 is 0. The molecule has 1 saturated heterocycles. The normalized spacial score (nSPS) is 19.3. The highest BCUT2D eigenvalue weighted by atomic mass is 16.3. The Bertz CT molecular complexity index is 491. The van der Waals surface area contributed by atoms with Crippen molar-refractivity contribution in [3.8, 4) is 0 Å². The van der Waals surface area contributed by atoms with Crippen LogP contribution in [0.1, 0.15) is 58.6 Å². The number of hydrogen-bond donors (Lipinski definition) is 3. The molecule has 1 aromatic carbocycles. The summed E-state index contributed by atoms with van der Waals surface area (Å²) in [6, 6.07) is 9.05. The monoisotopic (exact) mass is 334 g/mol. The van der Waals surface area contributed by atoms with Gasteiger partial charge in [-0.1, -0.05) is 26.0 Å². The zero-order valence-corrected chi connectivity index (χ0v) is 15.6. The van der Waals surface area contributed by atoms with Gasteiger partial charge in [0, 0.05) is 31.4 Å². The summed E-state index contributed by atoms with van der Waals surface area (Å²) in [5.74, 6) is 0. The Morgan fingerprint density at radius 1 is 1.17 bits per heavy atom. The lowest BCUT2D eigenvalue weighted by Crippen LogP contribution is -2.35. The van der Waals surface area contributed by atoms with E-state index in [0.29, 0.717) is 0 Å². The van der Waals surface area contributed by atoms with Crippen LogP contribution in [0.4, 0.5) is 5.69 Å². The van der Waals surface area contributed by atoms with E-state index in [1.807, 2.05) is 6.92 Å². The lowest BCUT2D eigenvalue weighted by atomic mass is 9.86. The Morgan fingerprint density at radius 3 is 2.29 bits per heavy atom. The van der Waals surface area contributed by atoms with Gasteiger partial charge in [0.1, 0.15) is 0 Å². The minimum Gasteiger partial charge on any atom is -0.393 e. The number of nitrogens with zero attached hydrogens (tertiary/aromatic N) is 1. The van der Waals surface area contributed by atoms with Crippen LogP contribution in [-0.2, 0) is 0 Å². The van der Waals surface area contributed by atoms with Crippen LogP contribution >= 0.6 is 0 Å². The molecule has 1 aliphatic heterocycles. The standard InChI is InChI=1S/C20H34N2O2/c1-15(23)13-20(3,4)14-21-16(2)17-5-7-18(8-6-17)22-11-9-19(24)10-12-22/h5-8,15-16,19,21,23-24H,9-14H2,1-4H3. The number of benzene rings is 1. The third-order valence-electron chi connectivity index (χ3n) is 4.96. The first-order valence-electron chi connectivity index (χ1n) is 9.21. The van der Waals surface area contributed by atoms with Crippen LogP contribution in [0.2, 0.25) is 0 Å². The van der Waals surface area contributed by atoms with Gasteiger partial charge in [0.05, 0.1) is 12.2 Å². The van der Waals surface area contributed by atoms with Gasteiger partial charge < -0.3 is 20.4 Å². The van der Waals surface area contributed by atoms with Crippen molar-refractivity contribution in [2.45, 2.75) is 65.2 Å². The molecule has 2 unspecified atom stereocenters. The molecular formula is C20H34N2O2. The van der Waals surface area contributed by atoms with Gasteiger partial charge in [-0.25, -0.2) is 0 Å². The maximum Gasteiger partial charge on any atom is 0.0574 e. The lowest BCUT2D eigenvalue weighted by Gasteiger charge is -2.32. The van der Waals surface area contributed by atoms with Gasteiger partial charge in [-0.05, 0) is 56.2 Å². The zero-order valence-electron chi connectivity index (χ0n) is 15.6. The average Bonchev–Trinajstić information content (AvgIpc) is 2.52. The molecule has 4 heteroatoms. The van der Waals surface area contributed by atoms with Crippen LogP contribution < -0.4 is 10.2 Å². The molecule has 1 aromatic rings. The quantitative estimate of drug-likeness (QED) is 0.717. The van der Waals surface area contributed by atoms with Gasteiger partial charge in [0.15, 0.2) is 0 Å². The van der Waals surface area contributed by atoms with Gasteiger partial charge in [-0.3, -0.25) is 0 Å². The number of rotatable bonds is 7. The highest BCUT2D eigenvalue weighted by molar-refractivity contribution is 5.48. The predicted molar refractivity (Wildman–Crippen MR) is 100 cm³/mol. The summed E-state index contributed by atoms with van der Waals surface area (Å²) < 4.78 is 0. The van der Waals surface area contributed by atoms with Gasteiger partial charge in [0.25, 0.3) is 0 Å². The van der Waals surface area contributed by atoms with Gasteiger partial charge in [-0.2, -0.15) is 0 Å². The Hall–Kier alpha value is -1.10. The SMILES string of the molecule is CC(O)CC(C)(C)CNC(C)c1ccc(N2CCC(O)CC2)cc1. The Labute approximate surface area is 146 Å².